The van der Waals surface area contributed by atoms with Crippen molar-refractivity contribution in [1.29, 1.82) is 0 Å². The van der Waals surface area contributed by atoms with E-state index in [1.165, 1.54) is 6.07 Å². The summed E-state index contributed by atoms with van der Waals surface area (Å²) in [6.07, 6.45) is -4.82. The molecule has 22 heavy (non-hydrogen) atoms. The number of carbonyl (C=O) groups excluding carboxylic acids is 1. The van der Waals surface area contributed by atoms with Gasteiger partial charge in [0.05, 0.1) is 23.4 Å². The molecule has 0 unspecified atom stereocenters. The molecule has 8 heteroatoms. The number of hydrogen-bond acceptors (Lipinski definition) is 3. The summed E-state index contributed by atoms with van der Waals surface area (Å²) in [5.74, 6) is 0.0763. The van der Waals surface area contributed by atoms with Gasteiger partial charge in [0, 0.05) is 11.9 Å². The number of oxazole rings is 1. The minimum atomic E-state index is -4.62. The zero-order chi connectivity index (χ0) is 16.5. The molecule has 1 aromatic carbocycles. The number of nitrogens with one attached hydrogen (secondary N) is 1. The highest BCUT2D eigenvalue weighted by Crippen LogP contribution is 2.36. The Morgan fingerprint density at radius 2 is 2.05 bits per heavy atom. The number of amides is 1. The van der Waals surface area contributed by atoms with Gasteiger partial charge in [-0.1, -0.05) is 11.6 Å². The summed E-state index contributed by atoms with van der Waals surface area (Å²) in [6, 6.07) is 3.15. The van der Waals surface area contributed by atoms with Gasteiger partial charge in [-0.15, -0.1) is 0 Å². The third kappa shape index (κ3) is 3.79. The quantitative estimate of drug-likeness (QED) is 0.918. The SMILES string of the molecule is Cc1nc(C)c(CC(=O)Nc2ccc(Cl)cc2C(F)(F)F)o1. The lowest BCUT2D eigenvalue weighted by atomic mass is 10.1. The summed E-state index contributed by atoms with van der Waals surface area (Å²) in [6.45, 7) is 3.28. The zero-order valence-electron chi connectivity index (χ0n) is 11.7. The number of aryl methyl sites for hydroxylation is 2. The number of benzene rings is 1. The van der Waals surface area contributed by atoms with Crippen LogP contribution in [0.15, 0.2) is 22.6 Å². The molecule has 0 aliphatic carbocycles. The molecule has 0 radical (unpaired) electrons. The number of rotatable bonds is 3. The van der Waals surface area contributed by atoms with Crippen LogP contribution in [0.1, 0.15) is 22.9 Å². The standard InChI is InChI=1S/C14H12ClF3N2O2/c1-7-12(22-8(2)19-7)6-13(21)20-11-4-3-9(15)5-10(11)14(16,17)18/h3-5H,6H2,1-2H3,(H,20,21). The van der Waals surface area contributed by atoms with Gasteiger partial charge in [-0.05, 0) is 25.1 Å². The van der Waals surface area contributed by atoms with Gasteiger partial charge in [0.2, 0.25) is 5.91 Å². The van der Waals surface area contributed by atoms with Crippen molar-refractivity contribution in [2.24, 2.45) is 0 Å². The molecule has 1 N–H and O–H groups in total. The van der Waals surface area contributed by atoms with Crippen LogP contribution in [0, 0.1) is 13.8 Å². The molecule has 118 valence electrons. The van der Waals surface area contributed by atoms with Crippen LogP contribution >= 0.6 is 11.6 Å². The second-order valence-corrected chi connectivity index (χ2v) is 5.09. The smallest absolute Gasteiger partial charge is 0.418 e. The lowest BCUT2D eigenvalue weighted by Gasteiger charge is -2.14. The third-order valence-electron chi connectivity index (χ3n) is 2.88. The molecule has 0 atom stereocenters. The summed E-state index contributed by atoms with van der Waals surface area (Å²) < 4.78 is 44.0. The second kappa shape index (κ2) is 6.00. The first-order chi connectivity index (χ1) is 10.2. The zero-order valence-corrected chi connectivity index (χ0v) is 12.5. The van der Waals surface area contributed by atoms with Crippen molar-refractivity contribution in [3.05, 3.63) is 46.1 Å². The largest absolute Gasteiger partial charge is 0.445 e. The van der Waals surface area contributed by atoms with Gasteiger partial charge < -0.3 is 9.73 Å². The van der Waals surface area contributed by atoms with Gasteiger partial charge in [0.15, 0.2) is 5.89 Å². The monoisotopic (exact) mass is 332 g/mol. The van der Waals surface area contributed by atoms with Crippen LogP contribution in [-0.2, 0) is 17.4 Å². The minimum Gasteiger partial charge on any atom is -0.445 e. The van der Waals surface area contributed by atoms with Crippen molar-refractivity contribution in [2.45, 2.75) is 26.4 Å². The van der Waals surface area contributed by atoms with Gasteiger partial charge in [-0.2, -0.15) is 13.2 Å². The number of carbonyl (C=O) groups is 1. The maximum atomic E-state index is 12.9. The topological polar surface area (TPSA) is 55.1 Å². The fourth-order valence-electron chi connectivity index (χ4n) is 1.94. The van der Waals surface area contributed by atoms with Crippen molar-refractivity contribution in [2.75, 3.05) is 5.32 Å². The maximum absolute atomic E-state index is 12.9. The van der Waals surface area contributed by atoms with E-state index < -0.39 is 17.6 Å². The Kier molecular flexibility index (Phi) is 4.46. The highest BCUT2D eigenvalue weighted by Gasteiger charge is 2.34. The van der Waals surface area contributed by atoms with Crippen molar-refractivity contribution in [3.8, 4) is 0 Å². The number of hydrogen-bond donors (Lipinski definition) is 1. The van der Waals surface area contributed by atoms with Crippen LogP contribution in [0.4, 0.5) is 18.9 Å². The summed E-state index contributed by atoms with van der Waals surface area (Å²) in [5, 5.41) is 2.16. The molecular weight excluding hydrogens is 321 g/mol. The normalized spacial score (nSPS) is 11.5. The molecule has 1 aromatic heterocycles. The van der Waals surface area contributed by atoms with E-state index in [1.807, 2.05) is 0 Å². The number of halogens is 4. The van der Waals surface area contributed by atoms with E-state index in [4.69, 9.17) is 16.0 Å². The highest BCUT2D eigenvalue weighted by molar-refractivity contribution is 6.30. The lowest BCUT2D eigenvalue weighted by Crippen LogP contribution is -2.18. The summed E-state index contributed by atoms with van der Waals surface area (Å²) in [5.41, 5.74) is -0.825. The van der Waals surface area contributed by atoms with E-state index in [2.05, 4.69) is 10.3 Å². The fraction of sp³-hybridized carbons (Fsp3) is 0.286. The van der Waals surface area contributed by atoms with Crippen LogP contribution in [-0.4, -0.2) is 10.9 Å². The molecule has 0 saturated carbocycles. The predicted octanol–water partition coefficient (Wildman–Crippen LogP) is 4.14. The summed E-state index contributed by atoms with van der Waals surface area (Å²) in [7, 11) is 0. The van der Waals surface area contributed by atoms with Crippen molar-refractivity contribution < 1.29 is 22.4 Å². The maximum Gasteiger partial charge on any atom is 0.418 e. The molecule has 1 amide bonds. The molecule has 0 aliphatic rings. The Bertz CT molecular complexity index is 711. The lowest BCUT2D eigenvalue weighted by molar-refractivity contribution is -0.137. The molecule has 0 spiro atoms. The Hall–Kier alpha value is -2.02. The molecule has 2 rings (SSSR count). The van der Waals surface area contributed by atoms with Crippen LogP contribution < -0.4 is 5.32 Å². The molecule has 4 nitrogen and oxygen atoms in total. The Labute approximate surface area is 129 Å². The Morgan fingerprint density at radius 3 is 2.59 bits per heavy atom. The number of anilines is 1. The van der Waals surface area contributed by atoms with E-state index in [-0.39, 0.29) is 17.1 Å². The van der Waals surface area contributed by atoms with Crippen LogP contribution in [0.5, 0.6) is 0 Å². The van der Waals surface area contributed by atoms with E-state index >= 15 is 0 Å². The van der Waals surface area contributed by atoms with Gasteiger partial charge in [0.25, 0.3) is 0 Å². The Balaban J connectivity index is 2.20. The van der Waals surface area contributed by atoms with Crippen LogP contribution in [0.2, 0.25) is 5.02 Å². The first-order valence-electron chi connectivity index (χ1n) is 6.26. The number of aromatic nitrogens is 1. The molecule has 2 aromatic rings. The first kappa shape index (κ1) is 16.4. The van der Waals surface area contributed by atoms with Crippen LogP contribution in [0.25, 0.3) is 0 Å². The molecule has 0 aliphatic heterocycles. The van der Waals surface area contributed by atoms with Gasteiger partial charge in [0.1, 0.15) is 5.76 Å². The number of alkyl halides is 3. The van der Waals surface area contributed by atoms with E-state index in [0.717, 1.165) is 12.1 Å². The van der Waals surface area contributed by atoms with Gasteiger partial charge in [-0.25, -0.2) is 4.98 Å². The summed E-state index contributed by atoms with van der Waals surface area (Å²) in [4.78, 5) is 15.9. The fourth-order valence-corrected chi connectivity index (χ4v) is 2.11. The number of nitrogens with zero attached hydrogens (tertiary/aromatic N) is 1. The van der Waals surface area contributed by atoms with Crippen LogP contribution in [0.3, 0.4) is 0 Å². The Morgan fingerprint density at radius 1 is 1.36 bits per heavy atom. The van der Waals surface area contributed by atoms with E-state index in [0.29, 0.717) is 17.3 Å². The van der Waals surface area contributed by atoms with E-state index in [1.54, 1.807) is 13.8 Å². The van der Waals surface area contributed by atoms with Gasteiger partial charge >= 0.3 is 6.18 Å². The molecule has 0 bridgehead atoms. The van der Waals surface area contributed by atoms with Gasteiger partial charge in [-0.3, -0.25) is 4.79 Å². The average Bonchev–Trinajstić information content (AvgIpc) is 2.68. The molecule has 0 fully saturated rings. The second-order valence-electron chi connectivity index (χ2n) is 4.65. The minimum absolute atomic E-state index is 0.0629. The van der Waals surface area contributed by atoms with Crippen molar-refractivity contribution in [3.63, 3.8) is 0 Å². The summed E-state index contributed by atoms with van der Waals surface area (Å²) >= 11 is 5.58. The first-order valence-corrected chi connectivity index (χ1v) is 6.64. The average molecular weight is 333 g/mol. The van der Waals surface area contributed by atoms with E-state index in [9.17, 15) is 18.0 Å². The van der Waals surface area contributed by atoms with Crippen molar-refractivity contribution in [1.82, 2.24) is 4.98 Å². The highest BCUT2D eigenvalue weighted by atomic mass is 35.5. The predicted molar refractivity (Wildman–Crippen MR) is 74.8 cm³/mol. The third-order valence-corrected chi connectivity index (χ3v) is 3.12. The van der Waals surface area contributed by atoms with Crippen molar-refractivity contribution >= 4 is 23.2 Å². The molecular formula is C14H12ClF3N2O2. The molecule has 1 heterocycles. The molecule has 0 saturated heterocycles.